The van der Waals surface area contributed by atoms with Crippen LogP contribution in [0.5, 0.6) is 5.88 Å². The molecule has 104 valence electrons. The van der Waals surface area contributed by atoms with Crippen molar-refractivity contribution in [1.82, 2.24) is 9.97 Å². The van der Waals surface area contributed by atoms with E-state index in [0.29, 0.717) is 23.7 Å². The SMILES string of the molecule is Cc1c(N)nc(C2CC2)nc1OC1CCC(C)CC1. The second kappa shape index (κ2) is 4.99. The minimum atomic E-state index is 0.302. The first-order valence-electron chi connectivity index (χ1n) is 7.44. The fraction of sp³-hybridized carbons (Fsp3) is 0.733. The van der Waals surface area contributed by atoms with Gasteiger partial charge >= 0.3 is 0 Å². The minimum absolute atomic E-state index is 0.302. The lowest BCUT2D eigenvalue weighted by Gasteiger charge is -2.27. The lowest BCUT2D eigenvalue weighted by Crippen LogP contribution is -2.24. The zero-order valence-electron chi connectivity index (χ0n) is 11.9. The zero-order chi connectivity index (χ0) is 13.4. The van der Waals surface area contributed by atoms with Gasteiger partial charge in [-0.05, 0) is 51.4 Å². The van der Waals surface area contributed by atoms with Gasteiger partial charge in [-0.1, -0.05) is 6.92 Å². The Morgan fingerprint density at radius 1 is 1.05 bits per heavy atom. The molecule has 1 aromatic rings. The van der Waals surface area contributed by atoms with Gasteiger partial charge in [-0.2, -0.15) is 4.98 Å². The maximum absolute atomic E-state index is 6.10. The molecule has 3 rings (SSSR count). The monoisotopic (exact) mass is 261 g/mol. The van der Waals surface area contributed by atoms with Crippen LogP contribution < -0.4 is 10.5 Å². The van der Waals surface area contributed by atoms with E-state index in [1.165, 1.54) is 25.7 Å². The van der Waals surface area contributed by atoms with Crippen molar-refractivity contribution in [2.24, 2.45) is 5.92 Å². The molecule has 2 aliphatic carbocycles. The fourth-order valence-electron chi connectivity index (χ4n) is 2.67. The van der Waals surface area contributed by atoms with E-state index in [4.69, 9.17) is 10.5 Å². The molecule has 1 aromatic heterocycles. The maximum Gasteiger partial charge on any atom is 0.222 e. The van der Waals surface area contributed by atoms with Crippen molar-refractivity contribution in [2.75, 3.05) is 5.73 Å². The number of hydrogen-bond acceptors (Lipinski definition) is 4. The van der Waals surface area contributed by atoms with Gasteiger partial charge in [0.25, 0.3) is 0 Å². The van der Waals surface area contributed by atoms with Gasteiger partial charge in [0.1, 0.15) is 17.7 Å². The summed E-state index contributed by atoms with van der Waals surface area (Å²) in [5.74, 6) is 3.52. The molecular formula is C15H23N3O. The number of anilines is 1. The lowest BCUT2D eigenvalue weighted by atomic mass is 9.89. The number of rotatable bonds is 3. The van der Waals surface area contributed by atoms with Crippen molar-refractivity contribution in [2.45, 2.75) is 64.4 Å². The minimum Gasteiger partial charge on any atom is -0.474 e. The van der Waals surface area contributed by atoms with Crippen LogP contribution in [0.2, 0.25) is 0 Å². The lowest BCUT2D eigenvalue weighted by molar-refractivity contribution is 0.129. The number of hydrogen-bond donors (Lipinski definition) is 1. The molecule has 2 aliphatic rings. The van der Waals surface area contributed by atoms with Crippen molar-refractivity contribution in [3.05, 3.63) is 11.4 Å². The predicted octanol–water partition coefficient (Wildman–Crippen LogP) is 3.20. The van der Waals surface area contributed by atoms with Crippen LogP contribution in [-0.4, -0.2) is 16.1 Å². The Hall–Kier alpha value is -1.32. The van der Waals surface area contributed by atoms with Gasteiger partial charge in [0.05, 0.1) is 5.56 Å². The van der Waals surface area contributed by atoms with E-state index in [9.17, 15) is 0 Å². The van der Waals surface area contributed by atoms with Crippen LogP contribution in [0.1, 0.15) is 62.8 Å². The molecule has 2 saturated carbocycles. The maximum atomic E-state index is 6.10. The first-order valence-corrected chi connectivity index (χ1v) is 7.44. The molecule has 0 atom stereocenters. The number of nitrogen functional groups attached to an aromatic ring is 1. The summed E-state index contributed by atoms with van der Waals surface area (Å²) in [6, 6.07) is 0. The second-order valence-corrected chi connectivity index (χ2v) is 6.17. The Balaban J connectivity index is 1.75. The Morgan fingerprint density at radius 3 is 2.37 bits per heavy atom. The molecule has 1 heterocycles. The molecule has 0 aromatic carbocycles. The first kappa shape index (κ1) is 12.7. The largest absolute Gasteiger partial charge is 0.474 e. The van der Waals surface area contributed by atoms with E-state index in [1.807, 2.05) is 6.92 Å². The third kappa shape index (κ3) is 2.82. The molecule has 0 radical (unpaired) electrons. The molecule has 4 nitrogen and oxygen atoms in total. The second-order valence-electron chi connectivity index (χ2n) is 6.17. The van der Waals surface area contributed by atoms with Gasteiger partial charge in [0.2, 0.25) is 5.88 Å². The van der Waals surface area contributed by atoms with E-state index in [0.717, 1.165) is 30.1 Å². The third-order valence-electron chi connectivity index (χ3n) is 4.34. The highest BCUT2D eigenvalue weighted by Crippen LogP contribution is 2.40. The van der Waals surface area contributed by atoms with Crippen LogP contribution in [-0.2, 0) is 0 Å². The Kier molecular flexibility index (Phi) is 3.33. The van der Waals surface area contributed by atoms with E-state index in [1.54, 1.807) is 0 Å². The number of ether oxygens (including phenoxy) is 1. The molecule has 0 saturated heterocycles. The van der Waals surface area contributed by atoms with Crippen molar-refractivity contribution < 1.29 is 4.74 Å². The van der Waals surface area contributed by atoms with Crippen LogP contribution in [0.25, 0.3) is 0 Å². The molecule has 2 fully saturated rings. The average Bonchev–Trinajstić information content (AvgIpc) is 3.21. The highest BCUT2D eigenvalue weighted by atomic mass is 16.5. The smallest absolute Gasteiger partial charge is 0.222 e. The van der Waals surface area contributed by atoms with Crippen LogP contribution in [0.15, 0.2) is 0 Å². The van der Waals surface area contributed by atoms with Crippen molar-refractivity contribution >= 4 is 5.82 Å². The highest BCUT2D eigenvalue weighted by molar-refractivity contribution is 5.45. The van der Waals surface area contributed by atoms with Crippen LogP contribution in [0.3, 0.4) is 0 Å². The van der Waals surface area contributed by atoms with Crippen LogP contribution in [0.4, 0.5) is 5.82 Å². The molecule has 19 heavy (non-hydrogen) atoms. The molecule has 4 heteroatoms. The Labute approximate surface area is 114 Å². The summed E-state index contributed by atoms with van der Waals surface area (Å²) in [6.07, 6.45) is 7.42. The predicted molar refractivity (Wildman–Crippen MR) is 75.2 cm³/mol. The first-order chi connectivity index (χ1) is 9.13. The van der Waals surface area contributed by atoms with Gasteiger partial charge in [-0.25, -0.2) is 4.98 Å². The summed E-state index contributed by atoms with van der Waals surface area (Å²) >= 11 is 0. The summed E-state index contributed by atoms with van der Waals surface area (Å²) < 4.78 is 6.10. The van der Waals surface area contributed by atoms with E-state index in [2.05, 4.69) is 16.9 Å². The summed E-state index contributed by atoms with van der Waals surface area (Å²) in [6.45, 7) is 4.27. The van der Waals surface area contributed by atoms with Gasteiger partial charge < -0.3 is 10.5 Å². The Bertz CT molecular complexity index is 463. The molecular weight excluding hydrogens is 238 g/mol. The van der Waals surface area contributed by atoms with Gasteiger partial charge in [0.15, 0.2) is 0 Å². The molecule has 0 bridgehead atoms. The third-order valence-corrected chi connectivity index (χ3v) is 4.34. The normalized spacial score (nSPS) is 27.3. The molecule has 0 unspecified atom stereocenters. The summed E-state index contributed by atoms with van der Waals surface area (Å²) in [5, 5.41) is 0. The van der Waals surface area contributed by atoms with Gasteiger partial charge in [-0.3, -0.25) is 0 Å². The van der Waals surface area contributed by atoms with E-state index >= 15 is 0 Å². The highest BCUT2D eigenvalue weighted by Gasteiger charge is 2.29. The summed E-state index contributed by atoms with van der Waals surface area (Å²) in [4.78, 5) is 8.98. The van der Waals surface area contributed by atoms with Gasteiger partial charge in [-0.15, -0.1) is 0 Å². The van der Waals surface area contributed by atoms with Crippen LogP contribution in [0, 0.1) is 12.8 Å². The fourth-order valence-corrected chi connectivity index (χ4v) is 2.67. The topological polar surface area (TPSA) is 61.0 Å². The van der Waals surface area contributed by atoms with Gasteiger partial charge in [0, 0.05) is 5.92 Å². The van der Waals surface area contributed by atoms with Crippen molar-refractivity contribution in [3.8, 4) is 5.88 Å². The Morgan fingerprint density at radius 2 is 1.74 bits per heavy atom. The molecule has 2 N–H and O–H groups in total. The van der Waals surface area contributed by atoms with E-state index < -0.39 is 0 Å². The van der Waals surface area contributed by atoms with Crippen LogP contribution >= 0.6 is 0 Å². The standard InChI is InChI=1S/C15H23N3O/c1-9-3-7-12(8-4-9)19-15-10(2)13(16)17-14(18-15)11-5-6-11/h9,11-12H,3-8H2,1-2H3,(H2,16,17,18). The molecule has 0 spiro atoms. The number of nitrogens with zero attached hydrogens (tertiary/aromatic N) is 2. The van der Waals surface area contributed by atoms with Crippen molar-refractivity contribution in [3.63, 3.8) is 0 Å². The average molecular weight is 261 g/mol. The number of nitrogens with two attached hydrogens (primary N) is 1. The van der Waals surface area contributed by atoms with E-state index in [-0.39, 0.29) is 0 Å². The zero-order valence-corrected chi connectivity index (χ0v) is 11.9. The molecule has 0 amide bonds. The summed E-state index contributed by atoms with van der Waals surface area (Å²) in [7, 11) is 0. The molecule has 0 aliphatic heterocycles. The summed E-state index contributed by atoms with van der Waals surface area (Å²) in [5.41, 5.74) is 6.87. The number of aromatic nitrogens is 2. The quantitative estimate of drug-likeness (QED) is 0.907. The van der Waals surface area contributed by atoms with Crippen molar-refractivity contribution in [1.29, 1.82) is 0 Å².